The minimum Gasteiger partial charge on any atom is -0.337 e. The highest BCUT2D eigenvalue weighted by Crippen LogP contribution is 2.29. The van der Waals surface area contributed by atoms with Crippen molar-refractivity contribution in [2.45, 2.75) is 32.2 Å². The van der Waals surface area contributed by atoms with Crippen molar-refractivity contribution >= 4 is 11.6 Å². The third kappa shape index (κ3) is 4.17. The second-order valence-electron chi connectivity index (χ2n) is 7.30. The van der Waals surface area contributed by atoms with E-state index in [2.05, 4.69) is 61.9 Å². The van der Waals surface area contributed by atoms with Gasteiger partial charge in [0.2, 0.25) is 0 Å². The fraction of sp³-hybridized carbons (Fsp3) is 0.381. The van der Waals surface area contributed by atoms with E-state index in [-0.39, 0.29) is 0 Å². The molecule has 0 unspecified atom stereocenters. The molecule has 3 aromatic rings. The Kier molecular flexibility index (Phi) is 5.16. The van der Waals surface area contributed by atoms with Crippen LogP contribution in [0.25, 0.3) is 0 Å². The van der Waals surface area contributed by atoms with Gasteiger partial charge < -0.3 is 9.88 Å². The fourth-order valence-corrected chi connectivity index (χ4v) is 3.73. The van der Waals surface area contributed by atoms with Gasteiger partial charge in [-0.3, -0.25) is 4.90 Å². The molecule has 27 heavy (non-hydrogen) atoms. The van der Waals surface area contributed by atoms with Crippen LogP contribution in [0.3, 0.4) is 0 Å². The molecular formula is C21H26N6. The predicted molar refractivity (Wildman–Crippen MR) is 107 cm³/mol. The van der Waals surface area contributed by atoms with Gasteiger partial charge >= 0.3 is 0 Å². The molecule has 0 amide bonds. The quantitative estimate of drug-likeness (QED) is 0.751. The Morgan fingerprint density at radius 1 is 1.15 bits per heavy atom. The first-order chi connectivity index (χ1) is 13.2. The first kappa shape index (κ1) is 17.7. The number of pyridine rings is 2. The molecule has 1 aliphatic heterocycles. The monoisotopic (exact) mass is 362 g/mol. The standard InChI is InChI=1S/C21H26N6/c1-16-5-3-8-24-21(16)25-19-13-17(7-9-22-19)18-6-4-11-27(14-18)15-20-23-10-12-26(20)2/h3,5,7-10,12-13,18H,4,6,11,14-15H2,1-2H3,(H,22,24,25)/t18-/m0/s1. The Hall–Kier alpha value is -2.73. The summed E-state index contributed by atoms with van der Waals surface area (Å²) < 4.78 is 2.10. The summed E-state index contributed by atoms with van der Waals surface area (Å²) in [6.45, 7) is 5.14. The lowest BCUT2D eigenvalue weighted by molar-refractivity contribution is 0.194. The average molecular weight is 362 g/mol. The summed E-state index contributed by atoms with van der Waals surface area (Å²) in [4.78, 5) is 15.9. The normalized spacial score (nSPS) is 17.8. The van der Waals surface area contributed by atoms with E-state index < -0.39 is 0 Å². The van der Waals surface area contributed by atoms with Crippen molar-refractivity contribution in [3.05, 3.63) is 66.0 Å². The lowest BCUT2D eigenvalue weighted by Gasteiger charge is -2.32. The zero-order valence-electron chi connectivity index (χ0n) is 16.0. The maximum absolute atomic E-state index is 4.48. The average Bonchev–Trinajstić information content (AvgIpc) is 3.09. The number of likely N-dealkylation sites (tertiary alicyclic amines) is 1. The number of piperidine rings is 1. The zero-order chi connectivity index (χ0) is 18.6. The number of imidazole rings is 1. The molecule has 3 aromatic heterocycles. The Morgan fingerprint density at radius 2 is 2.07 bits per heavy atom. The molecular weight excluding hydrogens is 336 g/mol. The molecule has 1 fully saturated rings. The van der Waals surface area contributed by atoms with Gasteiger partial charge in [0.25, 0.3) is 0 Å². The molecule has 0 saturated carbocycles. The summed E-state index contributed by atoms with van der Waals surface area (Å²) in [5.41, 5.74) is 2.45. The van der Waals surface area contributed by atoms with Crippen molar-refractivity contribution in [2.75, 3.05) is 18.4 Å². The number of hydrogen-bond donors (Lipinski definition) is 1. The van der Waals surface area contributed by atoms with Gasteiger partial charge in [0.15, 0.2) is 0 Å². The molecule has 140 valence electrons. The molecule has 0 radical (unpaired) electrons. The molecule has 1 N–H and O–H groups in total. The van der Waals surface area contributed by atoms with Crippen molar-refractivity contribution in [1.82, 2.24) is 24.4 Å². The smallest absolute Gasteiger partial charge is 0.134 e. The van der Waals surface area contributed by atoms with Crippen LogP contribution in [0.2, 0.25) is 0 Å². The predicted octanol–water partition coefficient (Wildman–Crippen LogP) is 3.64. The lowest BCUT2D eigenvalue weighted by Crippen LogP contribution is -2.34. The number of anilines is 2. The van der Waals surface area contributed by atoms with Crippen LogP contribution in [0.15, 0.2) is 49.1 Å². The molecule has 0 aliphatic carbocycles. The summed E-state index contributed by atoms with van der Waals surface area (Å²) in [7, 11) is 2.06. The van der Waals surface area contributed by atoms with E-state index in [1.807, 2.05) is 24.7 Å². The summed E-state index contributed by atoms with van der Waals surface area (Å²) in [5.74, 6) is 3.36. The van der Waals surface area contributed by atoms with Gasteiger partial charge in [-0.05, 0) is 61.6 Å². The number of rotatable bonds is 5. The summed E-state index contributed by atoms with van der Waals surface area (Å²) in [6.07, 6.45) is 10.0. The Morgan fingerprint density at radius 3 is 2.89 bits per heavy atom. The van der Waals surface area contributed by atoms with Crippen molar-refractivity contribution in [2.24, 2.45) is 7.05 Å². The van der Waals surface area contributed by atoms with Crippen LogP contribution in [0.5, 0.6) is 0 Å². The Balaban J connectivity index is 1.46. The van der Waals surface area contributed by atoms with Crippen molar-refractivity contribution in [3.8, 4) is 0 Å². The minimum absolute atomic E-state index is 0.521. The van der Waals surface area contributed by atoms with Gasteiger partial charge in [0.05, 0.1) is 6.54 Å². The van der Waals surface area contributed by atoms with Crippen LogP contribution < -0.4 is 5.32 Å². The highest BCUT2D eigenvalue weighted by molar-refractivity contribution is 5.56. The Bertz CT molecular complexity index is 903. The van der Waals surface area contributed by atoms with E-state index in [1.54, 1.807) is 6.20 Å². The SMILES string of the molecule is Cc1cccnc1Nc1cc([C@H]2CCCN(Cc3nccn3C)C2)ccn1. The second-order valence-corrected chi connectivity index (χ2v) is 7.30. The molecule has 1 atom stereocenters. The van der Waals surface area contributed by atoms with E-state index in [4.69, 9.17) is 0 Å². The first-order valence-electron chi connectivity index (χ1n) is 9.52. The van der Waals surface area contributed by atoms with Gasteiger partial charge in [0, 0.05) is 38.4 Å². The second kappa shape index (κ2) is 7.88. The van der Waals surface area contributed by atoms with Crippen molar-refractivity contribution < 1.29 is 0 Å². The summed E-state index contributed by atoms with van der Waals surface area (Å²) in [5, 5.41) is 3.36. The highest BCUT2D eigenvalue weighted by Gasteiger charge is 2.22. The molecule has 1 aliphatic rings. The first-order valence-corrected chi connectivity index (χ1v) is 9.52. The topological polar surface area (TPSA) is 58.9 Å². The number of nitrogens with zero attached hydrogens (tertiary/aromatic N) is 5. The summed E-state index contributed by atoms with van der Waals surface area (Å²) in [6, 6.07) is 8.31. The molecule has 0 bridgehead atoms. The van der Waals surface area contributed by atoms with Gasteiger partial charge in [-0.1, -0.05) is 6.07 Å². The minimum atomic E-state index is 0.521. The Labute approximate surface area is 160 Å². The van der Waals surface area contributed by atoms with Crippen molar-refractivity contribution in [1.29, 1.82) is 0 Å². The largest absolute Gasteiger partial charge is 0.337 e. The summed E-state index contributed by atoms with van der Waals surface area (Å²) >= 11 is 0. The number of aromatic nitrogens is 4. The lowest BCUT2D eigenvalue weighted by atomic mass is 9.91. The van der Waals surface area contributed by atoms with Crippen LogP contribution in [0, 0.1) is 6.92 Å². The van der Waals surface area contributed by atoms with Gasteiger partial charge in [0.1, 0.15) is 17.5 Å². The number of hydrogen-bond acceptors (Lipinski definition) is 5. The third-order valence-electron chi connectivity index (χ3n) is 5.30. The fourth-order valence-electron chi connectivity index (χ4n) is 3.73. The van der Waals surface area contributed by atoms with E-state index in [0.717, 1.165) is 42.7 Å². The maximum atomic E-state index is 4.48. The molecule has 6 nitrogen and oxygen atoms in total. The van der Waals surface area contributed by atoms with E-state index >= 15 is 0 Å². The molecule has 4 rings (SSSR count). The van der Waals surface area contributed by atoms with Crippen LogP contribution in [0.1, 0.15) is 35.7 Å². The van der Waals surface area contributed by atoms with Crippen molar-refractivity contribution in [3.63, 3.8) is 0 Å². The molecule has 0 aromatic carbocycles. The van der Waals surface area contributed by atoms with E-state index in [0.29, 0.717) is 5.92 Å². The molecule has 6 heteroatoms. The van der Waals surface area contributed by atoms with Gasteiger partial charge in [-0.25, -0.2) is 15.0 Å². The maximum Gasteiger partial charge on any atom is 0.134 e. The highest BCUT2D eigenvalue weighted by atomic mass is 15.2. The van der Waals surface area contributed by atoms with E-state index in [9.17, 15) is 0 Å². The third-order valence-corrected chi connectivity index (χ3v) is 5.30. The molecule has 4 heterocycles. The number of nitrogens with one attached hydrogen (secondary N) is 1. The van der Waals surface area contributed by atoms with E-state index in [1.165, 1.54) is 18.4 Å². The van der Waals surface area contributed by atoms with Crippen LogP contribution >= 0.6 is 0 Å². The zero-order valence-corrected chi connectivity index (χ0v) is 16.0. The van der Waals surface area contributed by atoms with Gasteiger partial charge in [-0.2, -0.15) is 0 Å². The number of aryl methyl sites for hydroxylation is 2. The van der Waals surface area contributed by atoms with Gasteiger partial charge in [-0.15, -0.1) is 0 Å². The molecule has 1 saturated heterocycles. The molecule has 0 spiro atoms. The van der Waals surface area contributed by atoms with Crippen LogP contribution in [-0.4, -0.2) is 37.5 Å². The van der Waals surface area contributed by atoms with Crippen LogP contribution in [0.4, 0.5) is 11.6 Å². The van der Waals surface area contributed by atoms with Crippen LogP contribution in [-0.2, 0) is 13.6 Å².